The molecule has 0 spiro atoms. The molecular weight excluding hydrogens is 479 g/mol. The Morgan fingerprint density at radius 2 is 1.97 bits per heavy atom. The molecule has 1 saturated heterocycles. The molecule has 2 fully saturated rings. The van der Waals surface area contributed by atoms with E-state index in [0.717, 1.165) is 87.0 Å². The van der Waals surface area contributed by atoms with Crippen molar-refractivity contribution in [3.63, 3.8) is 0 Å². The zero-order valence-electron chi connectivity index (χ0n) is 20.2. The van der Waals surface area contributed by atoms with Gasteiger partial charge in [-0.2, -0.15) is 0 Å². The normalized spacial score (nSPS) is 24.5. The Balaban J connectivity index is 1.15. The van der Waals surface area contributed by atoms with Gasteiger partial charge in [-0.15, -0.1) is 11.3 Å². The van der Waals surface area contributed by atoms with Crippen molar-refractivity contribution in [2.75, 3.05) is 31.6 Å². The summed E-state index contributed by atoms with van der Waals surface area (Å²) < 4.78 is 25.3. The first-order valence-electron chi connectivity index (χ1n) is 12.9. The molecule has 1 amide bonds. The predicted octanol–water partition coefficient (Wildman–Crippen LogP) is 4.91. The molecule has 0 bridgehead atoms. The van der Waals surface area contributed by atoms with Crippen molar-refractivity contribution in [3.05, 3.63) is 46.9 Å². The van der Waals surface area contributed by atoms with Crippen LogP contribution in [0.2, 0.25) is 0 Å². The number of carbonyl (C=O) groups is 1. The molecule has 4 heterocycles. The third-order valence-electron chi connectivity index (χ3n) is 7.72. The van der Waals surface area contributed by atoms with Gasteiger partial charge < -0.3 is 14.8 Å². The van der Waals surface area contributed by atoms with E-state index in [9.17, 15) is 9.18 Å². The van der Waals surface area contributed by atoms with Gasteiger partial charge in [0.05, 0.1) is 30.9 Å². The monoisotopic (exact) mass is 510 g/mol. The van der Waals surface area contributed by atoms with Crippen LogP contribution in [0.15, 0.2) is 30.6 Å². The highest BCUT2D eigenvalue weighted by atomic mass is 32.1. The molecular formula is C27H31FN4O3S. The number of hydrogen-bond donors (Lipinski definition) is 1. The smallest absolute Gasteiger partial charge is 0.226 e. The topological polar surface area (TPSA) is 76.6 Å². The first-order valence-corrected chi connectivity index (χ1v) is 13.8. The van der Waals surface area contributed by atoms with Gasteiger partial charge in [-0.3, -0.25) is 9.69 Å². The number of carbonyl (C=O) groups excluding carboxylic acids is 1. The van der Waals surface area contributed by atoms with E-state index in [0.29, 0.717) is 18.3 Å². The molecule has 3 aromatic rings. The lowest BCUT2D eigenvalue weighted by molar-refractivity contribution is -0.116. The van der Waals surface area contributed by atoms with Gasteiger partial charge in [-0.05, 0) is 68.2 Å². The van der Waals surface area contributed by atoms with Crippen LogP contribution in [0.4, 0.5) is 10.2 Å². The summed E-state index contributed by atoms with van der Waals surface area (Å²) in [6, 6.07) is 5.40. The average molecular weight is 511 g/mol. The summed E-state index contributed by atoms with van der Waals surface area (Å²) in [5.74, 6) is 0.845. The fraction of sp³-hybridized carbons (Fsp3) is 0.519. The number of halogens is 1. The summed E-state index contributed by atoms with van der Waals surface area (Å²) in [4.78, 5) is 26.2. The first-order chi connectivity index (χ1) is 17.6. The second-order valence-corrected chi connectivity index (χ2v) is 11.1. The molecule has 1 atom stereocenters. The molecule has 3 aliphatic rings. The molecule has 0 unspecified atom stereocenters. The van der Waals surface area contributed by atoms with Crippen molar-refractivity contribution >= 4 is 33.3 Å². The second kappa shape index (κ2) is 10.4. The second-order valence-electron chi connectivity index (χ2n) is 9.97. The molecule has 3 aromatic heterocycles. The van der Waals surface area contributed by atoms with Gasteiger partial charge in [-0.1, -0.05) is 0 Å². The van der Waals surface area contributed by atoms with Crippen LogP contribution in [0.25, 0.3) is 10.2 Å². The minimum Gasteiger partial charge on any atom is -0.490 e. The van der Waals surface area contributed by atoms with Gasteiger partial charge in [-0.25, -0.2) is 14.4 Å². The van der Waals surface area contributed by atoms with Crippen molar-refractivity contribution in [1.82, 2.24) is 14.9 Å². The number of thiophene rings is 1. The zero-order chi connectivity index (χ0) is 24.5. The van der Waals surface area contributed by atoms with Gasteiger partial charge in [0.2, 0.25) is 5.91 Å². The van der Waals surface area contributed by atoms with E-state index in [1.165, 1.54) is 22.6 Å². The summed E-state index contributed by atoms with van der Waals surface area (Å²) in [5, 5.41) is 3.89. The van der Waals surface area contributed by atoms with Crippen molar-refractivity contribution in [2.24, 2.45) is 0 Å². The van der Waals surface area contributed by atoms with Gasteiger partial charge in [0.25, 0.3) is 0 Å². The lowest BCUT2D eigenvalue weighted by atomic mass is 9.91. The summed E-state index contributed by atoms with van der Waals surface area (Å²) in [6.07, 6.45) is 9.80. The maximum atomic E-state index is 13.1. The van der Waals surface area contributed by atoms with E-state index in [1.54, 1.807) is 11.3 Å². The standard InChI is InChI=1S/C27H31FN4O3S/c28-18-2-8-23(30-16-18)31-24(33)15-17-1-7-22-25(17)26-21(9-10-29-27(26)36-22)35-20-5-3-19(4-6-20)32-11-13-34-14-12-32/h2,8-10,16-17,19-20H,1,3-7,11-15H2,(H,30,31,33)/t17-,19-,20-/m1/s1. The van der Waals surface area contributed by atoms with E-state index in [-0.39, 0.29) is 17.9 Å². The van der Waals surface area contributed by atoms with Crippen molar-refractivity contribution in [3.8, 4) is 5.75 Å². The minimum absolute atomic E-state index is 0.109. The number of nitrogens with zero attached hydrogens (tertiary/aromatic N) is 3. The molecule has 0 radical (unpaired) electrons. The molecule has 1 N–H and O–H groups in total. The third-order valence-corrected chi connectivity index (χ3v) is 8.90. The predicted molar refractivity (Wildman–Crippen MR) is 137 cm³/mol. The first kappa shape index (κ1) is 23.8. The van der Waals surface area contributed by atoms with Crippen LogP contribution in [0.5, 0.6) is 5.75 Å². The third kappa shape index (κ3) is 4.96. The maximum Gasteiger partial charge on any atom is 0.226 e. The van der Waals surface area contributed by atoms with E-state index in [4.69, 9.17) is 9.47 Å². The van der Waals surface area contributed by atoms with Crippen LogP contribution >= 0.6 is 11.3 Å². The van der Waals surface area contributed by atoms with E-state index in [2.05, 4.69) is 20.2 Å². The Morgan fingerprint density at radius 1 is 1.14 bits per heavy atom. The van der Waals surface area contributed by atoms with Crippen LogP contribution in [0, 0.1) is 5.82 Å². The number of anilines is 1. The molecule has 6 rings (SSSR count). The fourth-order valence-electron chi connectivity index (χ4n) is 5.95. The number of rotatable bonds is 6. The number of amides is 1. The zero-order valence-corrected chi connectivity index (χ0v) is 21.1. The Morgan fingerprint density at radius 3 is 2.75 bits per heavy atom. The average Bonchev–Trinajstić information content (AvgIpc) is 3.46. The Labute approximate surface area is 214 Å². The Hall–Kier alpha value is -2.62. The number of hydrogen-bond acceptors (Lipinski definition) is 7. The quantitative estimate of drug-likeness (QED) is 0.508. The molecule has 1 saturated carbocycles. The van der Waals surface area contributed by atoms with Gasteiger partial charge >= 0.3 is 0 Å². The number of pyridine rings is 2. The molecule has 1 aliphatic heterocycles. The van der Waals surface area contributed by atoms with Gasteiger partial charge in [0.15, 0.2) is 0 Å². The van der Waals surface area contributed by atoms with Crippen molar-refractivity contribution < 1.29 is 18.7 Å². The van der Waals surface area contributed by atoms with Crippen LogP contribution < -0.4 is 10.1 Å². The van der Waals surface area contributed by atoms with Crippen LogP contribution in [-0.4, -0.2) is 59.2 Å². The number of nitrogens with one attached hydrogen (secondary N) is 1. The summed E-state index contributed by atoms with van der Waals surface area (Å²) in [7, 11) is 0. The maximum absolute atomic E-state index is 13.1. The highest BCUT2D eigenvalue weighted by Crippen LogP contribution is 2.48. The SMILES string of the molecule is O=C(C[C@H]1CCc2sc3nccc(O[C@H]4CC[C@H](N5CCOCC5)CC4)c3c21)Nc1ccc(F)cn1. The lowest BCUT2D eigenvalue weighted by Crippen LogP contribution is -2.46. The number of aryl methyl sites for hydroxylation is 1. The Bertz CT molecular complexity index is 1220. The summed E-state index contributed by atoms with van der Waals surface area (Å²) >= 11 is 1.72. The molecule has 9 heteroatoms. The summed E-state index contributed by atoms with van der Waals surface area (Å²) in [5.41, 5.74) is 1.22. The largest absolute Gasteiger partial charge is 0.490 e. The Kier molecular flexibility index (Phi) is 6.86. The number of morpholine rings is 1. The highest BCUT2D eigenvalue weighted by molar-refractivity contribution is 7.19. The highest BCUT2D eigenvalue weighted by Gasteiger charge is 2.33. The number of ether oxygens (including phenoxy) is 2. The molecule has 7 nitrogen and oxygen atoms in total. The van der Waals surface area contributed by atoms with Crippen LogP contribution in [0.1, 0.15) is 54.9 Å². The summed E-state index contributed by atoms with van der Waals surface area (Å²) in [6.45, 7) is 3.76. The molecule has 190 valence electrons. The van der Waals surface area contributed by atoms with Gasteiger partial charge in [0.1, 0.15) is 22.2 Å². The van der Waals surface area contributed by atoms with E-state index in [1.807, 2.05) is 12.3 Å². The molecule has 2 aliphatic carbocycles. The van der Waals surface area contributed by atoms with Crippen LogP contribution in [0.3, 0.4) is 0 Å². The van der Waals surface area contributed by atoms with E-state index < -0.39 is 5.82 Å². The van der Waals surface area contributed by atoms with Crippen molar-refractivity contribution in [1.29, 1.82) is 0 Å². The molecule has 0 aromatic carbocycles. The van der Waals surface area contributed by atoms with Crippen molar-refractivity contribution in [2.45, 2.75) is 63.0 Å². The van der Waals surface area contributed by atoms with E-state index >= 15 is 0 Å². The molecule has 36 heavy (non-hydrogen) atoms. The fourth-order valence-corrected chi connectivity index (χ4v) is 7.21. The van der Waals surface area contributed by atoms with Crippen LogP contribution in [-0.2, 0) is 16.0 Å². The number of fused-ring (bicyclic) bond motifs is 3. The number of aromatic nitrogens is 2. The lowest BCUT2D eigenvalue weighted by Gasteiger charge is -2.38. The van der Waals surface area contributed by atoms with Gasteiger partial charge in [0, 0.05) is 36.6 Å². The minimum atomic E-state index is -0.423.